The van der Waals surface area contributed by atoms with Gasteiger partial charge in [-0.05, 0) is 29.8 Å². The summed E-state index contributed by atoms with van der Waals surface area (Å²) in [6.45, 7) is 0. The fraction of sp³-hybridized carbons (Fsp3) is 0.100. The van der Waals surface area contributed by atoms with E-state index in [2.05, 4.69) is 36.2 Å². The first-order chi connectivity index (χ1) is 8.58. The Labute approximate surface area is 122 Å². The van der Waals surface area contributed by atoms with Gasteiger partial charge >= 0.3 is 6.01 Å². The van der Waals surface area contributed by atoms with Crippen molar-refractivity contribution in [2.24, 2.45) is 0 Å². The van der Waals surface area contributed by atoms with Crippen LogP contribution in [0.5, 0.6) is 6.01 Å². The monoisotopic (exact) mass is 348 g/mol. The molecule has 0 radical (unpaired) electrons. The van der Waals surface area contributed by atoms with Crippen LogP contribution >= 0.6 is 39.1 Å². The molecular formula is C10H7BrCl2N4O. The Morgan fingerprint density at radius 1 is 1.22 bits per heavy atom. The molecule has 0 spiro atoms. The van der Waals surface area contributed by atoms with Gasteiger partial charge in [0.15, 0.2) is 0 Å². The van der Waals surface area contributed by atoms with E-state index in [0.717, 1.165) is 4.47 Å². The van der Waals surface area contributed by atoms with Gasteiger partial charge in [-0.1, -0.05) is 27.5 Å². The lowest BCUT2D eigenvalue weighted by molar-refractivity contribution is 0.379. The number of nitrogens with one attached hydrogen (secondary N) is 1. The van der Waals surface area contributed by atoms with Crippen LogP contribution in [-0.4, -0.2) is 22.1 Å². The standard InChI is InChI=1S/C10H7BrCl2N4O/c1-18-10-16-8(13)15-9(17-10)14-7-3-2-5(11)4-6(7)12/h2-4H,1H3,(H,14,15,16,17). The van der Waals surface area contributed by atoms with Gasteiger partial charge in [0, 0.05) is 4.47 Å². The Morgan fingerprint density at radius 2 is 2.00 bits per heavy atom. The minimum absolute atomic E-state index is 0.0394. The SMILES string of the molecule is COc1nc(Cl)nc(Nc2ccc(Br)cc2Cl)n1. The molecule has 94 valence electrons. The van der Waals surface area contributed by atoms with E-state index in [0.29, 0.717) is 10.7 Å². The van der Waals surface area contributed by atoms with Crippen LogP contribution in [0.15, 0.2) is 22.7 Å². The molecule has 18 heavy (non-hydrogen) atoms. The van der Waals surface area contributed by atoms with Gasteiger partial charge in [-0.2, -0.15) is 15.0 Å². The van der Waals surface area contributed by atoms with Gasteiger partial charge in [-0.3, -0.25) is 0 Å². The van der Waals surface area contributed by atoms with Crippen molar-refractivity contribution in [3.63, 3.8) is 0 Å². The molecule has 1 N–H and O–H groups in total. The summed E-state index contributed by atoms with van der Waals surface area (Å²) in [5.41, 5.74) is 0.657. The third kappa shape index (κ3) is 3.22. The molecule has 1 aromatic carbocycles. The molecule has 0 amide bonds. The van der Waals surface area contributed by atoms with Crippen molar-refractivity contribution < 1.29 is 4.74 Å². The average Bonchev–Trinajstić information content (AvgIpc) is 2.32. The van der Waals surface area contributed by atoms with Crippen LogP contribution in [0.1, 0.15) is 0 Å². The van der Waals surface area contributed by atoms with E-state index in [-0.39, 0.29) is 17.2 Å². The van der Waals surface area contributed by atoms with Gasteiger partial charge in [0.2, 0.25) is 11.2 Å². The topological polar surface area (TPSA) is 59.9 Å². The molecule has 0 atom stereocenters. The lowest BCUT2D eigenvalue weighted by Crippen LogP contribution is -2.02. The number of ether oxygens (including phenoxy) is 1. The Morgan fingerprint density at radius 3 is 2.67 bits per heavy atom. The second-order valence-electron chi connectivity index (χ2n) is 3.16. The highest BCUT2D eigenvalue weighted by Crippen LogP contribution is 2.27. The van der Waals surface area contributed by atoms with Crippen molar-refractivity contribution in [2.75, 3.05) is 12.4 Å². The zero-order valence-electron chi connectivity index (χ0n) is 9.12. The number of hydrogen-bond donors (Lipinski definition) is 1. The molecule has 2 aromatic rings. The zero-order chi connectivity index (χ0) is 13.1. The summed E-state index contributed by atoms with van der Waals surface area (Å²) in [5, 5.41) is 3.50. The van der Waals surface area contributed by atoms with E-state index in [1.807, 2.05) is 6.07 Å². The number of anilines is 2. The van der Waals surface area contributed by atoms with Gasteiger partial charge in [-0.25, -0.2) is 0 Å². The van der Waals surface area contributed by atoms with E-state index >= 15 is 0 Å². The first-order valence-corrected chi connectivity index (χ1v) is 6.31. The largest absolute Gasteiger partial charge is 0.467 e. The molecule has 0 aliphatic rings. The molecular weight excluding hydrogens is 343 g/mol. The average molecular weight is 350 g/mol. The summed E-state index contributed by atoms with van der Waals surface area (Å²) >= 11 is 15.1. The Hall–Kier alpha value is -1.11. The number of halogens is 3. The second-order valence-corrected chi connectivity index (χ2v) is 4.82. The van der Waals surface area contributed by atoms with Crippen molar-refractivity contribution in [1.29, 1.82) is 0 Å². The Kier molecular flexibility index (Phi) is 4.21. The predicted octanol–water partition coefficient (Wildman–Crippen LogP) is 3.69. The van der Waals surface area contributed by atoms with Crippen molar-refractivity contribution in [3.05, 3.63) is 33.0 Å². The highest BCUT2D eigenvalue weighted by molar-refractivity contribution is 9.10. The molecule has 1 heterocycles. The first kappa shape index (κ1) is 13.3. The molecule has 0 unspecified atom stereocenters. The van der Waals surface area contributed by atoms with E-state index in [4.69, 9.17) is 27.9 Å². The van der Waals surface area contributed by atoms with E-state index in [1.165, 1.54) is 7.11 Å². The summed E-state index contributed by atoms with van der Waals surface area (Å²) in [4.78, 5) is 11.7. The lowest BCUT2D eigenvalue weighted by Gasteiger charge is -2.07. The quantitative estimate of drug-likeness (QED) is 0.915. The number of benzene rings is 1. The normalized spacial score (nSPS) is 10.2. The molecule has 2 rings (SSSR count). The van der Waals surface area contributed by atoms with Crippen LogP contribution in [0, 0.1) is 0 Å². The van der Waals surface area contributed by atoms with Gasteiger partial charge in [0.25, 0.3) is 0 Å². The van der Waals surface area contributed by atoms with Gasteiger partial charge in [0.1, 0.15) is 0 Å². The molecule has 0 saturated heterocycles. The van der Waals surface area contributed by atoms with Crippen LogP contribution in [0.2, 0.25) is 10.3 Å². The maximum atomic E-state index is 6.06. The van der Waals surface area contributed by atoms with Gasteiger partial charge < -0.3 is 10.1 Å². The fourth-order valence-electron chi connectivity index (χ4n) is 1.19. The predicted molar refractivity (Wildman–Crippen MR) is 73.8 cm³/mol. The summed E-state index contributed by atoms with van der Waals surface area (Å²) in [6, 6.07) is 5.51. The number of nitrogens with zero attached hydrogens (tertiary/aromatic N) is 3. The van der Waals surface area contributed by atoms with Gasteiger partial charge in [0.05, 0.1) is 17.8 Å². The smallest absolute Gasteiger partial charge is 0.322 e. The molecule has 5 nitrogen and oxygen atoms in total. The van der Waals surface area contributed by atoms with E-state index in [9.17, 15) is 0 Å². The molecule has 1 aromatic heterocycles. The molecule has 0 bridgehead atoms. The Balaban J connectivity index is 2.30. The highest BCUT2D eigenvalue weighted by Gasteiger charge is 2.07. The minimum Gasteiger partial charge on any atom is -0.467 e. The summed E-state index contributed by atoms with van der Waals surface area (Å²) in [7, 11) is 1.45. The number of hydrogen-bond acceptors (Lipinski definition) is 5. The Bertz CT molecular complexity index is 582. The first-order valence-electron chi connectivity index (χ1n) is 4.76. The van der Waals surface area contributed by atoms with Crippen LogP contribution in [-0.2, 0) is 0 Å². The summed E-state index contributed by atoms with van der Waals surface area (Å²) in [6.07, 6.45) is 0. The van der Waals surface area contributed by atoms with E-state index in [1.54, 1.807) is 12.1 Å². The second kappa shape index (κ2) is 5.69. The van der Waals surface area contributed by atoms with Crippen molar-refractivity contribution in [2.45, 2.75) is 0 Å². The highest BCUT2D eigenvalue weighted by atomic mass is 79.9. The third-order valence-corrected chi connectivity index (χ3v) is 2.92. The maximum Gasteiger partial charge on any atom is 0.322 e. The van der Waals surface area contributed by atoms with Crippen molar-refractivity contribution in [1.82, 2.24) is 15.0 Å². The molecule has 8 heteroatoms. The molecule has 0 saturated carbocycles. The van der Waals surface area contributed by atoms with Crippen LogP contribution in [0.3, 0.4) is 0 Å². The number of methoxy groups -OCH3 is 1. The lowest BCUT2D eigenvalue weighted by atomic mass is 10.3. The van der Waals surface area contributed by atoms with Crippen LogP contribution in [0.4, 0.5) is 11.6 Å². The summed E-state index contributed by atoms with van der Waals surface area (Å²) < 4.78 is 5.77. The number of rotatable bonds is 3. The summed E-state index contributed by atoms with van der Waals surface area (Å²) in [5.74, 6) is 0.260. The number of aromatic nitrogens is 3. The zero-order valence-corrected chi connectivity index (χ0v) is 12.2. The fourth-order valence-corrected chi connectivity index (χ4v) is 2.06. The third-order valence-electron chi connectivity index (χ3n) is 1.95. The van der Waals surface area contributed by atoms with Crippen LogP contribution in [0.25, 0.3) is 0 Å². The minimum atomic E-state index is 0.0394. The van der Waals surface area contributed by atoms with Crippen molar-refractivity contribution in [3.8, 4) is 6.01 Å². The molecule has 0 fully saturated rings. The molecule has 0 aliphatic carbocycles. The molecule has 0 aliphatic heterocycles. The van der Waals surface area contributed by atoms with Crippen LogP contribution < -0.4 is 10.1 Å². The van der Waals surface area contributed by atoms with E-state index < -0.39 is 0 Å². The van der Waals surface area contributed by atoms with Crippen molar-refractivity contribution >= 4 is 50.8 Å². The van der Waals surface area contributed by atoms with Gasteiger partial charge in [-0.15, -0.1) is 0 Å². The maximum absolute atomic E-state index is 6.06.